The average Bonchev–Trinajstić information content (AvgIpc) is 2.41. The molecule has 1 unspecified atom stereocenters. The lowest BCUT2D eigenvalue weighted by atomic mass is 10.1. The van der Waals surface area contributed by atoms with Gasteiger partial charge in [-0.1, -0.05) is 33.8 Å². The van der Waals surface area contributed by atoms with Gasteiger partial charge >= 0.3 is 0 Å². The lowest BCUT2D eigenvalue weighted by Crippen LogP contribution is -2.25. The predicted molar refractivity (Wildman–Crippen MR) is 88.2 cm³/mol. The molecule has 1 N–H and O–H groups in total. The third-order valence-electron chi connectivity index (χ3n) is 2.94. The first-order valence-electron chi connectivity index (χ1n) is 7.00. The number of nitrogens with one attached hydrogen (secondary N) is 1. The highest BCUT2D eigenvalue weighted by atomic mass is 32.2. The molecule has 4 heteroatoms. The number of hydrogen-bond acceptors (Lipinski definition) is 4. The van der Waals surface area contributed by atoms with E-state index < -0.39 is 0 Å². The Labute approximate surface area is 127 Å². The van der Waals surface area contributed by atoms with Crippen LogP contribution in [0, 0.1) is 0 Å². The molecule has 0 amide bonds. The summed E-state index contributed by atoms with van der Waals surface area (Å²) in [6, 6.07) is 6.47. The Balaban J connectivity index is 2.90. The van der Waals surface area contributed by atoms with Crippen LogP contribution in [0.4, 0.5) is 0 Å². The number of thioether (sulfide) groups is 1. The van der Waals surface area contributed by atoms with E-state index in [9.17, 15) is 0 Å². The normalized spacial score (nSPS) is 13.1. The molecule has 114 valence electrons. The third-order valence-corrected chi connectivity index (χ3v) is 4.31. The van der Waals surface area contributed by atoms with Gasteiger partial charge in [-0.15, -0.1) is 0 Å². The van der Waals surface area contributed by atoms with Gasteiger partial charge in [0.15, 0.2) is 11.5 Å². The van der Waals surface area contributed by atoms with Gasteiger partial charge in [-0.2, -0.15) is 11.8 Å². The van der Waals surface area contributed by atoms with E-state index in [1.165, 1.54) is 5.56 Å². The van der Waals surface area contributed by atoms with E-state index >= 15 is 0 Å². The molecule has 20 heavy (non-hydrogen) atoms. The van der Waals surface area contributed by atoms with Crippen LogP contribution in [0.1, 0.15) is 39.3 Å². The third kappa shape index (κ3) is 5.25. The van der Waals surface area contributed by atoms with E-state index in [2.05, 4.69) is 45.1 Å². The monoisotopic (exact) mass is 297 g/mol. The average molecular weight is 297 g/mol. The summed E-state index contributed by atoms with van der Waals surface area (Å²) < 4.78 is 11.0. The van der Waals surface area contributed by atoms with Crippen molar-refractivity contribution in [2.45, 2.75) is 38.5 Å². The molecule has 0 saturated carbocycles. The van der Waals surface area contributed by atoms with Crippen molar-refractivity contribution in [2.75, 3.05) is 26.5 Å². The minimum atomic E-state index is 0.268. The predicted octanol–water partition coefficient (Wildman–Crippen LogP) is 3.89. The Bertz CT molecular complexity index is 415. The summed E-state index contributed by atoms with van der Waals surface area (Å²) in [5, 5.41) is 3.54. The first kappa shape index (κ1) is 17.2. The van der Waals surface area contributed by atoms with Crippen molar-refractivity contribution in [3.63, 3.8) is 0 Å². The SMILES string of the molecule is CCNC(CSC(C)(C)C)c1ccc(OC)c(OC)c1. The Morgan fingerprint density at radius 2 is 1.80 bits per heavy atom. The minimum absolute atomic E-state index is 0.268. The molecule has 3 nitrogen and oxygen atoms in total. The smallest absolute Gasteiger partial charge is 0.161 e. The van der Waals surface area contributed by atoms with Gasteiger partial charge in [0, 0.05) is 16.5 Å². The Hall–Kier alpha value is -0.870. The summed E-state index contributed by atoms with van der Waals surface area (Å²) >= 11 is 1.97. The second kappa shape index (κ2) is 7.79. The van der Waals surface area contributed by atoms with Crippen molar-refractivity contribution < 1.29 is 9.47 Å². The van der Waals surface area contributed by atoms with Crippen LogP contribution in [0.5, 0.6) is 11.5 Å². The highest BCUT2D eigenvalue weighted by molar-refractivity contribution is 8.00. The van der Waals surface area contributed by atoms with E-state index in [4.69, 9.17) is 9.47 Å². The molecule has 0 bridgehead atoms. The minimum Gasteiger partial charge on any atom is -0.493 e. The molecule has 0 fully saturated rings. The Morgan fingerprint density at radius 3 is 2.30 bits per heavy atom. The molecule has 0 aliphatic carbocycles. The van der Waals surface area contributed by atoms with Crippen LogP contribution in [0.2, 0.25) is 0 Å². The fourth-order valence-corrected chi connectivity index (χ4v) is 2.90. The van der Waals surface area contributed by atoms with Crippen molar-refractivity contribution in [1.82, 2.24) is 5.32 Å². The fourth-order valence-electron chi connectivity index (χ4n) is 1.92. The number of rotatable bonds is 7. The maximum atomic E-state index is 5.39. The zero-order chi connectivity index (χ0) is 15.2. The van der Waals surface area contributed by atoms with Gasteiger partial charge in [-0.3, -0.25) is 0 Å². The van der Waals surface area contributed by atoms with Gasteiger partial charge in [0.2, 0.25) is 0 Å². The van der Waals surface area contributed by atoms with Crippen LogP contribution in [-0.2, 0) is 0 Å². The summed E-state index contributed by atoms with van der Waals surface area (Å²) in [7, 11) is 3.34. The topological polar surface area (TPSA) is 30.5 Å². The van der Waals surface area contributed by atoms with E-state index in [1.807, 2.05) is 17.8 Å². The highest BCUT2D eigenvalue weighted by Gasteiger charge is 2.18. The molecule has 1 rings (SSSR count). The molecule has 0 aliphatic heterocycles. The van der Waals surface area contributed by atoms with Crippen molar-refractivity contribution in [2.24, 2.45) is 0 Å². The maximum absolute atomic E-state index is 5.39. The molecule has 0 heterocycles. The standard InChI is InChI=1S/C16H27NO2S/c1-7-17-13(11-20-16(2,3)4)12-8-9-14(18-5)15(10-12)19-6/h8-10,13,17H,7,11H2,1-6H3. The maximum Gasteiger partial charge on any atom is 0.161 e. The van der Waals surface area contributed by atoms with Crippen molar-refractivity contribution in [1.29, 1.82) is 0 Å². The molecule has 0 radical (unpaired) electrons. The molecule has 0 spiro atoms. The van der Waals surface area contributed by atoms with E-state index in [1.54, 1.807) is 14.2 Å². The fraction of sp³-hybridized carbons (Fsp3) is 0.625. The largest absolute Gasteiger partial charge is 0.493 e. The Morgan fingerprint density at radius 1 is 1.15 bits per heavy atom. The summed E-state index contributed by atoms with van der Waals surface area (Å²) in [6.45, 7) is 9.82. The molecular weight excluding hydrogens is 270 g/mol. The molecule has 1 aromatic rings. The van der Waals surface area contributed by atoms with Gasteiger partial charge in [0.1, 0.15) is 0 Å². The second-order valence-electron chi connectivity index (χ2n) is 5.65. The van der Waals surface area contributed by atoms with Crippen LogP contribution in [0.15, 0.2) is 18.2 Å². The molecule has 0 saturated heterocycles. The van der Waals surface area contributed by atoms with Crippen molar-refractivity contribution in [3.05, 3.63) is 23.8 Å². The van der Waals surface area contributed by atoms with E-state index in [0.717, 1.165) is 23.8 Å². The zero-order valence-electron chi connectivity index (χ0n) is 13.4. The first-order valence-corrected chi connectivity index (χ1v) is 7.99. The van der Waals surface area contributed by atoms with E-state index in [0.29, 0.717) is 6.04 Å². The number of ether oxygens (including phenoxy) is 2. The summed E-state index contributed by atoms with van der Waals surface area (Å²) in [5.41, 5.74) is 1.24. The van der Waals surface area contributed by atoms with Crippen LogP contribution in [0.3, 0.4) is 0 Å². The molecule has 0 aromatic heterocycles. The van der Waals surface area contributed by atoms with Crippen LogP contribution in [-0.4, -0.2) is 31.3 Å². The number of hydrogen-bond donors (Lipinski definition) is 1. The van der Waals surface area contributed by atoms with Gasteiger partial charge in [0.05, 0.1) is 14.2 Å². The first-order chi connectivity index (χ1) is 9.41. The van der Waals surface area contributed by atoms with Gasteiger partial charge < -0.3 is 14.8 Å². The van der Waals surface area contributed by atoms with Gasteiger partial charge in [-0.05, 0) is 24.2 Å². The number of methoxy groups -OCH3 is 2. The number of benzene rings is 1. The summed E-state index contributed by atoms with van der Waals surface area (Å²) in [5.74, 6) is 2.59. The zero-order valence-corrected chi connectivity index (χ0v) is 14.3. The van der Waals surface area contributed by atoms with Crippen LogP contribution < -0.4 is 14.8 Å². The van der Waals surface area contributed by atoms with Crippen LogP contribution >= 0.6 is 11.8 Å². The summed E-state index contributed by atoms with van der Waals surface area (Å²) in [6.07, 6.45) is 0. The van der Waals surface area contributed by atoms with Crippen LogP contribution in [0.25, 0.3) is 0 Å². The van der Waals surface area contributed by atoms with Gasteiger partial charge in [-0.25, -0.2) is 0 Å². The van der Waals surface area contributed by atoms with Crippen molar-refractivity contribution in [3.8, 4) is 11.5 Å². The van der Waals surface area contributed by atoms with E-state index in [-0.39, 0.29) is 4.75 Å². The Kier molecular flexibility index (Phi) is 6.69. The second-order valence-corrected chi connectivity index (χ2v) is 7.49. The molecule has 1 atom stereocenters. The molecule has 0 aliphatic rings. The van der Waals surface area contributed by atoms with Crippen molar-refractivity contribution >= 4 is 11.8 Å². The quantitative estimate of drug-likeness (QED) is 0.827. The highest BCUT2D eigenvalue weighted by Crippen LogP contribution is 2.33. The molecular formula is C16H27NO2S. The lowest BCUT2D eigenvalue weighted by Gasteiger charge is -2.24. The lowest BCUT2D eigenvalue weighted by molar-refractivity contribution is 0.354. The molecule has 1 aromatic carbocycles. The summed E-state index contributed by atoms with van der Waals surface area (Å²) in [4.78, 5) is 0. The van der Waals surface area contributed by atoms with Gasteiger partial charge in [0.25, 0.3) is 0 Å².